The van der Waals surface area contributed by atoms with Gasteiger partial charge in [-0.05, 0) is 0 Å². The van der Waals surface area contributed by atoms with Gasteiger partial charge in [0.05, 0.1) is 18.8 Å². The Kier molecular flexibility index (Phi) is 39.6. The molecule has 0 unspecified atom stereocenters. The Morgan fingerprint density at radius 2 is 0.871 bits per heavy atom. The van der Waals surface area contributed by atoms with Crippen LogP contribution in [0.5, 0.6) is 0 Å². The van der Waals surface area contributed by atoms with Crippen LogP contribution in [0.25, 0.3) is 0 Å². The van der Waals surface area contributed by atoms with E-state index < -0.39 is 72.7 Å². The van der Waals surface area contributed by atoms with Gasteiger partial charge >= 0.3 is 202 Å². The molecule has 0 rings (SSSR count). The van der Waals surface area contributed by atoms with Crippen molar-refractivity contribution < 1.29 is 229 Å². The molecule has 158 valence electrons. The van der Waals surface area contributed by atoms with E-state index in [1.807, 2.05) is 0 Å². The maximum absolute atomic E-state index is 10.3. The summed E-state index contributed by atoms with van der Waals surface area (Å²) in [6.45, 7) is 0. The van der Waals surface area contributed by atoms with Crippen molar-refractivity contribution in [1.82, 2.24) is 0 Å². The Hall–Kier alpha value is 2.61. The zero-order chi connectivity index (χ0) is 21.3. The molecule has 19 heteroatoms. The number of hydrogen-bond donors (Lipinski definition) is 5. The van der Waals surface area contributed by atoms with Crippen molar-refractivity contribution in [3.8, 4) is 0 Å². The summed E-state index contributed by atoms with van der Waals surface area (Å²) in [5.41, 5.74) is -5.71. The molecular weight excluding hydrogens is 524 g/mol. The molecule has 0 aromatic heterocycles. The Morgan fingerprint density at radius 3 is 1.00 bits per heavy atom. The number of carboxylic acid groups (broad SMARTS) is 6. The Balaban J connectivity index is -0.0000000640. The van der Waals surface area contributed by atoms with Crippen LogP contribution in [0, 0.1) is 0 Å². The first-order valence-electron chi connectivity index (χ1n) is 6.28. The normalized spacial score (nSPS) is 9.10. The van der Waals surface area contributed by atoms with Crippen molar-refractivity contribution in [2.24, 2.45) is 0 Å². The van der Waals surface area contributed by atoms with Crippen molar-refractivity contribution in [2.45, 2.75) is 36.9 Å². The Bertz CT molecular complexity index is 528. The van der Waals surface area contributed by atoms with Crippen molar-refractivity contribution in [1.29, 1.82) is 0 Å². The summed E-state index contributed by atoms with van der Waals surface area (Å²) in [6.07, 6.45) is -5.00. The molecule has 0 saturated heterocycles. The summed E-state index contributed by atoms with van der Waals surface area (Å²) >= 11 is 0. The van der Waals surface area contributed by atoms with Crippen LogP contribution < -0.4 is 169 Å². The zero-order valence-corrected chi connectivity index (χ0v) is 25.6. The van der Waals surface area contributed by atoms with Gasteiger partial charge in [-0.15, -0.1) is 0 Å². The summed E-state index contributed by atoms with van der Waals surface area (Å²) in [7, 11) is 0. The third-order valence-electron chi connectivity index (χ3n) is 2.54. The number of aliphatic hydroxyl groups is 2. The van der Waals surface area contributed by atoms with Gasteiger partial charge in [0, 0.05) is 24.8 Å². The molecule has 0 aliphatic rings. The van der Waals surface area contributed by atoms with E-state index in [0.29, 0.717) is 0 Å². The van der Waals surface area contributed by atoms with Crippen molar-refractivity contribution in [3.05, 3.63) is 0 Å². The van der Waals surface area contributed by atoms with Crippen molar-refractivity contribution >= 4 is 65.4 Å². The van der Waals surface area contributed by atoms with Gasteiger partial charge in [-0.1, -0.05) is 0 Å². The molecule has 0 heterocycles. The summed E-state index contributed by atoms with van der Waals surface area (Å²) in [5, 5.41) is 72.7. The van der Waals surface area contributed by atoms with Gasteiger partial charge in [-0.3, -0.25) is 9.59 Å². The first-order valence-corrected chi connectivity index (χ1v) is 6.28. The standard InChI is InChI=1S/2C6H8O7.3K.Na.H2O.H/c2*7-3(8)1-6(13,5(11)12)2-4(9)10;;;;;;/h2*13H,1-2H2,(H,7,8)(H,9,10)(H,11,12);;;;;1H2;/q;;3*+1;;;/p-3. The molecule has 31 heavy (non-hydrogen) atoms. The van der Waals surface area contributed by atoms with E-state index in [4.69, 9.17) is 25.5 Å². The van der Waals surface area contributed by atoms with Gasteiger partial charge in [0.25, 0.3) is 0 Å². The van der Waals surface area contributed by atoms with Gasteiger partial charge in [-0.25, -0.2) is 4.79 Å². The summed E-state index contributed by atoms with van der Waals surface area (Å²) in [6, 6.07) is 0. The van der Waals surface area contributed by atoms with Crippen LogP contribution >= 0.6 is 0 Å². The van der Waals surface area contributed by atoms with Crippen molar-refractivity contribution in [2.75, 3.05) is 0 Å². The number of carbonyl (C=O) groups excluding carboxylic acids is 3. The molecule has 0 radical (unpaired) electrons. The van der Waals surface area contributed by atoms with Gasteiger partial charge < -0.3 is 60.7 Å². The van der Waals surface area contributed by atoms with E-state index in [1.54, 1.807) is 0 Å². The molecule has 0 aromatic carbocycles. The number of hydrogen-bond acceptors (Lipinski definition) is 11. The second-order valence-corrected chi connectivity index (χ2v) is 4.89. The van der Waals surface area contributed by atoms with Crippen LogP contribution in [0.3, 0.4) is 0 Å². The fourth-order valence-corrected chi connectivity index (χ4v) is 1.40. The molecule has 0 fully saturated rings. The van der Waals surface area contributed by atoms with Crippen LogP contribution in [-0.2, 0) is 28.8 Å². The molecule has 0 saturated carbocycles. The van der Waals surface area contributed by atoms with Gasteiger partial charge in [0.15, 0.2) is 5.60 Å². The molecule has 0 bridgehead atoms. The first-order chi connectivity index (χ1) is 11.6. The predicted octanol–water partition coefficient (Wildman–Crippen LogP) is -17.0. The third kappa shape index (κ3) is 25.5. The zero-order valence-electron chi connectivity index (χ0n) is 16.2. The number of carboxylic acids is 6. The summed E-state index contributed by atoms with van der Waals surface area (Å²) in [5.74, 6) is -11.0. The predicted molar refractivity (Wildman–Crippen MR) is 77.1 cm³/mol. The van der Waals surface area contributed by atoms with Crippen LogP contribution in [0.15, 0.2) is 0 Å². The maximum atomic E-state index is 10.3. The molecule has 0 aliphatic heterocycles. The van der Waals surface area contributed by atoms with Gasteiger partial charge in [-0.2, -0.15) is 0 Å². The summed E-state index contributed by atoms with van der Waals surface area (Å²) < 4.78 is 0. The Labute approximate surface area is 324 Å². The molecule has 15 nitrogen and oxygen atoms in total. The summed E-state index contributed by atoms with van der Waals surface area (Å²) in [4.78, 5) is 60.5. The quantitative estimate of drug-likeness (QED) is 0.161. The average Bonchev–Trinajstić information content (AvgIpc) is 2.34. The SMILES string of the molecule is O.O=C(O)CC(O)(CC(=O)O)C(=O)O.O=C([O-])CC(O)(CC(=O)[O-])C(=O)[O-].[K+].[K+].[K+].[NaH]. The van der Waals surface area contributed by atoms with Gasteiger partial charge in [0.2, 0.25) is 0 Å². The number of aliphatic carboxylic acids is 6. The molecule has 0 spiro atoms. The molecule has 7 N–H and O–H groups in total. The van der Waals surface area contributed by atoms with E-state index in [0.717, 1.165) is 0 Å². The number of carbonyl (C=O) groups is 6. The van der Waals surface area contributed by atoms with Crippen LogP contribution in [-0.4, -0.2) is 108 Å². The average molecular weight is 541 g/mol. The second kappa shape index (κ2) is 24.3. The van der Waals surface area contributed by atoms with Crippen LogP contribution in [0.2, 0.25) is 0 Å². The minimum absolute atomic E-state index is 0. The molecule has 0 amide bonds. The fourth-order valence-electron chi connectivity index (χ4n) is 1.40. The topological polar surface area (TPSA) is 304 Å². The third-order valence-corrected chi connectivity index (χ3v) is 2.54. The minimum atomic E-state index is -2.97. The Morgan fingerprint density at radius 1 is 0.613 bits per heavy atom. The molecule has 0 aliphatic carbocycles. The first kappa shape index (κ1) is 50.5. The van der Waals surface area contributed by atoms with Crippen LogP contribution in [0.1, 0.15) is 25.7 Å². The number of rotatable bonds is 10. The monoisotopic (exact) mass is 540 g/mol. The van der Waals surface area contributed by atoms with Crippen molar-refractivity contribution in [3.63, 3.8) is 0 Å². The van der Waals surface area contributed by atoms with Gasteiger partial charge in [0.1, 0.15) is 5.60 Å². The fraction of sp³-hybridized carbons (Fsp3) is 0.500. The molecule has 0 atom stereocenters. The van der Waals surface area contributed by atoms with E-state index in [1.165, 1.54) is 0 Å². The van der Waals surface area contributed by atoms with E-state index >= 15 is 0 Å². The van der Waals surface area contributed by atoms with Crippen LogP contribution in [0.4, 0.5) is 0 Å². The second-order valence-electron chi connectivity index (χ2n) is 4.89. The molecular formula is C12H16K3NaO15. The van der Waals surface area contributed by atoms with E-state index in [9.17, 15) is 44.1 Å². The molecule has 0 aromatic rings. The van der Waals surface area contributed by atoms with E-state index in [2.05, 4.69) is 0 Å². The van der Waals surface area contributed by atoms with E-state index in [-0.39, 0.29) is 189 Å².